The zero-order valence-corrected chi connectivity index (χ0v) is 13.4. The molecule has 1 saturated heterocycles. The maximum absolute atomic E-state index is 12.3. The van der Waals surface area contributed by atoms with Gasteiger partial charge in [0.1, 0.15) is 0 Å². The van der Waals surface area contributed by atoms with E-state index in [0.717, 1.165) is 38.6 Å². The summed E-state index contributed by atoms with van der Waals surface area (Å²) in [5.41, 5.74) is -0.581. The van der Waals surface area contributed by atoms with Gasteiger partial charge in [0.25, 0.3) is 0 Å². The van der Waals surface area contributed by atoms with Gasteiger partial charge in [0.2, 0.25) is 5.91 Å². The van der Waals surface area contributed by atoms with E-state index in [0.29, 0.717) is 19.1 Å². The molecule has 5 heteroatoms. The third-order valence-corrected chi connectivity index (χ3v) is 5.95. The van der Waals surface area contributed by atoms with Crippen LogP contribution in [-0.4, -0.2) is 47.6 Å². The second-order valence-corrected chi connectivity index (χ2v) is 7.48. The van der Waals surface area contributed by atoms with Gasteiger partial charge in [-0.3, -0.25) is 14.5 Å². The van der Waals surface area contributed by atoms with Crippen molar-refractivity contribution in [1.82, 2.24) is 10.2 Å². The molecule has 0 aromatic carbocycles. The van der Waals surface area contributed by atoms with Crippen molar-refractivity contribution in [3.8, 4) is 0 Å². The number of nitrogens with one attached hydrogen (secondary N) is 1. The molecule has 5 nitrogen and oxygen atoms in total. The molecular weight excluding hydrogens is 280 g/mol. The van der Waals surface area contributed by atoms with E-state index >= 15 is 0 Å². The molecule has 1 heterocycles. The summed E-state index contributed by atoms with van der Waals surface area (Å²) < 4.78 is 0. The maximum Gasteiger partial charge on any atom is 0.311 e. The number of nitrogens with zero attached hydrogens (tertiary/aromatic N) is 1. The van der Waals surface area contributed by atoms with Crippen LogP contribution in [0.5, 0.6) is 0 Å². The molecule has 3 fully saturated rings. The molecule has 1 amide bonds. The van der Waals surface area contributed by atoms with Gasteiger partial charge in [0.15, 0.2) is 0 Å². The van der Waals surface area contributed by atoms with Gasteiger partial charge in [0.05, 0.1) is 12.0 Å². The zero-order chi connectivity index (χ0) is 15.6. The van der Waals surface area contributed by atoms with Crippen LogP contribution in [0.2, 0.25) is 0 Å². The number of carboxylic acid groups (broad SMARTS) is 1. The average Bonchev–Trinajstić information content (AvgIpc) is 2.88. The third kappa shape index (κ3) is 3.14. The molecule has 0 aromatic rings. The third-order valence-electron chi connectivity index (χ3n) is 5.95. The number of rotatable bonds is 4. The Kier molecular flexibility index (Phi) is 4.71. The Morgan fingerprint density at radius 1 is 1.09 bits per heavy atom. The van der Waals surface area contributed by atoms with Crippen LogP contribution in [0.1, 0.15) is 57.8 Å². The highest BCUT2D eigenvalue weighted by Crippen LogP contribution is 2.48. The molecule has 3 aliphatic rings. The standard InChI is InChI=1S/C17H28N2O3/c20-15(18-14-7-3-1-2-4-8-14)11-19-10-13-6-5-9-17(13,12-19)16(21)22/h13-14H,1-12H2,(H,18,20)(H,21,22)/t13-,17+/m0/s1. The Morgan fingerprint density at radius 2 is 1.82 bits per heavy atom. The van der Waals surface area contributed by atoms with E-state index in [4.69, 9.17) is 0 Å². The van der Waals surface area contributed by atoms with Gasteiger partial charge in [-0.05, 0) is 31.6 Å². The molecule has 1 aliphatic heterocycles. The van der Waals surface area contributed by atoms with E-state index < -0.39 is 11.4 Å². The first kappa shape index (κ1) is 15.8. The van der Waals surface area contributed by atoms with Crippen LogP contribution in [0.4, 0.5) is 0 Å². The van der Waals surface area contributed by atoms with Crippen LogP contribution in [0, 0.1) is 11.3 Å². The fraction of sp³-hybridized carbons (Fsp3) is 0.882. The number of hydrogen-bond donors (Lipinski definition) is 2. The van der Waals surface area contributed by atoms with Crippen molar-refractivity contribution in [2.45, 2.75) is 63.8 Å². The topological polar surface area (TPSA) is 69.6 Å². The van der Waals surface area contributed by atoms with E-state index in [1.165, 1.54) is 25.7 Å². The van der Waals surface area contributed by atoms with Crippen molar-refractivity contribution in [3.05, 3.63) is 0 Å². The summed E-state index contributed by atoms with van der Waals surface area (Å²) in [7, 11) is 0. The number of likely N-dealkylation sites (tertiary alicyclic amines) is 1. The lowest BCUT2D eigenvalue weighted by atomic mass is 9.81. The number of amides is 1. The highest BCUT2D eigenvalue weighted by molar-refractivity contribution is 5.79. The molecule has 22 heavy (non-hydrogen) atoms. The monoisotopic (exact) mass is 308 g/mol. The first-order valence-corrected chi connectivity index (χ1v) is 8.85. The van der Waals surface area contributed by atoms with Crippen LogP contribution in [0.15, 0.2) is 0 Å². The van der Waals surface area contributed by atoms with E-state index in [1.54, 1.807) is 0 Å². The van der Waals surface area contributed by atoms with Crippen LogP contribution in [0.25, 0.3) is 0 Å². The summed E-state index contributed by atoms with van der Waals surface area (Å²) in [5, 5.41) is 12.8. The lowest BCUT2D eigenvalue weighted by Crippen LogP contribution is -2.42. The first-order chi connectivity index (χ1) is 10.6. The van der Waals surface area contributed by atoms with E-state index in [9.17, 15) is 14.7 Å². The maximum atomic E-state index is 12.3. The van der Waals surface area contributed by atoms with Gasteiger partial charge >= 0.3 is 5.97 Å². The number of carbonyl (C=O) groups is 2. The van der Waals surface area contributed by atoms with Crippen molar-refractivity contribution in [3.63, 3.8) is 0 Å². The molecule has 0 aromatic heterocycles. The van der Waals surface area contributed by atoms with Crippen molar-refractivity contribution in [2.75, 3.05) is 19.6 Å². The molecule has 0 unspecified atom stereocenters. The Bertz CT molecular complexity index is 432. The van der Waals surface area contributed by atoms with Gasteiger partial charge in [-0.15, -0.1) is 0 Å². The predicted molar refractivity (Wildman–Crippen MR) is 83.5 cm³/mol. The van der Waals surface area contributed by atoms with Crippen LogP contribution >= 0.6 is 0 Å². The summed E-state index contributed by atoms with van der Waals surface area (Å²) >= 11 is 0. The van der Waals surface area contributed by atoms with E-state index in [1.807, 2.05) is 0 Å². The number of carbonyl (C=O) groups excluding carboxylic acids is 1. The summed E-state index contributed by atoms with van der Waals surface area (Å²) in [6.45, 7) is 1.68. The Labute approximate surface area is 132 Å². The van der Waals surface area contributed by atoms with Gasteiger partial charge in [-0.1, -0.05) is 32.1 Å². The fourth-order valence-corrected chi connectivity index (χ4v) is 4.76. The van der Waals surface area contributed by atoms with Crippen LogP contribution in [-0.2, 0) is 9.59 Å². The molecule has 3 rings (SSSR count). The molecule has 0 bridgehead atoms. The molecule has 2 aliphatic carbocycles. The second-order valence-electron chi connectivity index (χ2n) is 7.48. The number of hydrogen-bond acceptors (Lipinski definition) is 3. The average molecular weight is 308 g/mol. The van der Waals surface area contributed by atoms with Crippen molar-refractivity contribution >= 4 is 11.9 Å². The minimum absolute atomic E-state index is 0.0763. The lowest BCUT2D eigenvalue weighted by Gasteiger charge is -2.24. The number of carboxylic acids is 1. The van der Waals surface area contributed by atoms with E-state index in [2.05, 4.69) is 10.2 Å². The number of fused-ring (bicyclic) bond motifs is 1. The van der Waals surface area contributed by atoms with Gasteiger partial charge in [0, 0.05) is 19.1 Å². The largest absolute Gasteiger partial charge is 0.481 e. The van der Waals surface area contributed by atoms with Gasteiger partial charge in [-0.25, -0.2) is 0 Å². The predicted octanol–water partition coefficient (Wildman–Crippen LogP) is 2.01. The molecule has 124 valence electrons. The quantitative estimate of drug-likeness (QED) is 0.780. The highest BCUT2D eigenvalue weighted by atomic mass is 16.4. The minimum Gasteiger partial charge on any atom is -0.481 e. The first-order valence-electron chi connectivity index (χ1n) is 8.85. The highest BCUT2D eigenvalue weighted by Gasteiger charge is 2.54. The number of aliphatic carboxylic acids is 1. The summed E-state index contributed by atoms with van der Waals surface area (Å²) in [6.07, 6.45) is 9.93. The van der Waals surface area contributed by atoms with Crippen molar-refractivity contribution in [1.29, 1.82) is 0 Å². The Balaban J connectivity index is 1.51. The minimum atomic E-state index is -0.665. The van der Waals surface area contributed by atoms with Crippen LogP contribution < -0.4 is 5.32 Å². The smallest absolute Gasteiger partial charge is 0.311 e. The fourth-order valence-electron chi connectivity index (χ4n) is 4.76. The summed E-state index contributed by atoms with van der Waals surface area (Å²) in [6, 6.07) is 0.325. The summed E-state index contributed by atoms with van der Waals surface area (Å²) in [5.74, 6) is -0.357. The van der Waals surface area contributed by atoms with Gasteiger partial charge < -0.3 is 10.4 Å². The second kappa shape index (κ2) is 6.57. The molecular formula is C17H28N2O3. The molecule has 2 N–H and O–H groups in total. The Morgan fingerprint density at radius 3 is 2.45 bits per heavy atom. The van der Waals surface area contributed by atoms with Crippen LogP contribution in [0.3, 0.4) is 0 Å². The SMILES string of the molecule is O=C(CN1C[C@@H]2CCC[C@@]2(C(=O)O)C1)NC1CCCCCC1. The molecule has 2 atom stereocenters. The molecule has 0 radical (unpaired) electrons. The van der Waals surface area contributed by atoms with Crippen molar-refractivity contribution in [2.24, 2.45) is 11.3 Å². The van der Waals surface area contributed by atoms with Gasteiger partial charge in [-0.2, -0.15) is 0 Å². The normalized spacial score (nSPS) is 33.4. The molecule has 0 spiro atoms. The summed E-state index contributed by atoms with van der Waals surface area (Å²) in [4.78, 5) is 26.0. The lowest BCUT2D eigenvalue weighted by molar-refractivity contribution is -0.149. The Hall–Kier alpha value is -1.10. The molecule has 2 saturated carbocycles. The zero-order valence-electron chi connectivity index (χ0n) is 13.4. The van der Waals surface area contributed by atoms with E-state index in [-0.39, 0.29) is 11.8 Å². The van der Waals surface area contributed by atoms with Crippen molar-refractivity contribution < 1.29 is 14.7 Å².